The molecule has 1 fully saturated rings. The lowest BCUT2D eigenvalue weighted by Gasteiger charge is -2.14. The van der Waals surface area contributed by atoms with E-state index < -0.39 is 14.3 Å². The minimum Gasteiger partial charge on any atom is -0.341 e. The first-order valence-corrected chi connectivity index (χ1v) is 8.31. The molecule has 1 aliphatic rings. The average molecular weight is 295 g/mol. The third-order valence-corrected chi connectivity index (χ3v) is 5.36. The first kappa shape index (κ1) is 12.8. The van der Waals surface area contributed by atoms with Crippen molar-refractivity contribution in [2.24, 2.45) is 0 Å². The van der Waals surface area contributed by atoms with E-state index in [0.29, 0.717) is 13.0 Å². The summed E-state index contributed by atoms with van der Waals surface area (Å²) in [6, 6.07) is 0. The average Bonchev–Trinajstić information content (AvgIpc) is 2.83. The highest BCUT2D eigenvalue weighted by molar-refractivity contribution is 8.14. The molecule has 1 aromatic rings. The van der Waals surface area contributed by atoms with Crippen molar-refractivity contribution >= 4 is 37.0 Å². The maximum absolute atomic E-state index is 11.6. The summed E-state index contributed by atoms with van der Waals surface area (Å²) in [6.45, 7) is 0.686. The maximum Gasteiger partial charge on any atom is 0.237 e. The Hall–Kier alpha value is -0.660. The highest BCUT2D eigenvalue weighted by atomic mass is 35.7. The van der Waals surface area contributed by atoms with Gasteiger partial charge in [-0.15, -0.1) is 11.3 Å². The Kier molecular flexibility index (Phi) is 3.70. The molecule has 0 bridgehead atoms. The van der Waals surface area contributed by atoms with Gasteiger partial charge in [-0.25, -0.2) is 13.4 Å². The second kappa shape index (κ2) is 4.91. The minimum absolute atomic E-state index is 0.0102. The minimum atomic E-state index is -3.64. The lowest BCUT2D eigenvalue weighted by Crippen LogP contribution is -2.29. The van der Waals surface area contributed by atoms with Gasteiger partial charge in [0.15, 0.2) is 0 Å². The van der Waals surface area contributed by atoms with Gasteiger partial charge in [-0.2, -0.15) is 0 Å². The number of halogens is 1. The van der Waals surface area contributed by atoms with Crippen LogP contribution in [-0.4, -0.2) is 42.5 Å². The summed E-state index contributed by atoms with van der Waals surface area (Å²) in [5.74, 6) is -0.157. The number of nitrogens with zero attached hydrogens (tertiary/aromatic N) is 2. The van der Waals surface area contributed by atoms with E-state index in [1.807, 2.05) is 5.38 Å². The Morgan fingerprint density at radius 1 is 1.59 bits per heavy atom. The van der Waals surface area contributed by atoms with Crippen LogP contribution in [0.3, 0.4) is 0 Å². The molecule has 1 aliphatic heterocycles. The van der Waals surface area contributed by atoms with Gasteiger partial charge in [-0.1, -0.05) is 0 Å². The molecule has 5 nitrogen and oxygen atoms in total. The summed E-state index contributed by atoms with van der Waals surface area (Å²) >= 11 is 1.52. The fraction of sp³-hybridized carbons (Fsp3) is 0.556. The molecule has 1 unspecified atom stereocenters. The second-order valence-electron chi connectivity index (χ2n) is 3.82. The zero-order valence-electron chi connectivity index (χ0n) is 8.87. The number of hydrogen-bond acceptors (Lipinski definition) is 5. The number of thiazole rings is 1. The third kappa shape index (κ3) is 3.17. The summed E-state index contributed by atoms with van der Waals surface area (Å²) in [6.07, 6.45) is 2.35. The van der Waals surface area contributed by atoms with Gasteiger partial charge in [-0.05, 0) is 0 Å². The maximum atomic E-state index is 11.6. The molecule has 0 N–H and O–H groups in total. The van der Waals surface area contributed by atoms with Crippen molar-refractivity contribution in [2.75, 3.05) is 13.1 Å². The topological polar surface area (TPSA) is 67.3 Å². The van der Waals surface area contributed by atoms with Crippen molar-refractivity contribution in [3.63, 3.8) is 0 Å². The highest BCUT2D eigenvalue weighted by Gasteiger charge is 2.36. The van der Waals surface area contributed by atoms with Gasteiger partial charge < -0.3 is 4.90 Å². The van der Waals surface area contributed by atoms with Crippen LogP contribution in [0.15, 0.2) is 11.6 Å². The quantitative estimate of drug-likeness (QED) is 0.772. The van der Waals surface area contributed by atoms with Crippen LogP contribution in [0.1, 0.15) is 11.4 Å². The number of likely N-dealkylation sites (tertiary alicyclic amines) is 1. The fourth-order valence-electron chi connectivity index (χ4n) is 1.75. The van der Waals surface area contributed by atoms with Crippen LogP contribution < -0.4 is 0 Å². The predicted molar refractivity (Wildman–Crippen MR) is 65.6 cm³/mol. The van der Waals surface area contributed by atoms with Crippen LogP contribution >= 0.6 is 22.0 Å². The Morgan fingerprint density at radius 2 is 2.35 bits per heavy atom. The van der Waals surface area contributed by atoms with Crippen LogP contribution in [0.4, 0.5) is 0 Å². The number of carbonyl (C=O) groups is 1. The van der Waals surface area contributed by atoms with Crippen LogP contribution in [0.25, 0.3) is 0 Å². The van der Waals surface area contributed by atoms with Crippen molar-refractivity contribution in [3.05, 3.63) is 16.6 Å². The summed E-state index contributed by atoms with van der Waals surface area (Å²) in [7, 11) is 1.61. The van der Waals surface area contributed by atoms with Crippen LogP contribution in [0, 0.1) is 0 Å². The fourth-order valence-corrected chi connectivity index (χ4v) is 3.41. The second-order valence-corrected chi connectivity index (χ2v) is 7.70. The van der Waals surface area contributed by atoms with E-state index in [1.165, 1.54) is 16.2 Å². The third-order valence-electron chi connectivity index (χ3n) is 2.66. The first-order valence-electron chi connectivity index (χ1n) is 5.06. The van der Waals surface area contributed by atoms with Gasteiger partial charge in [-0.3, -0.25) is 4.79 Å². The normalized spacial score (nSPS) is 21.1. The van der Waals surface area contributed by atoms with E-state index in [0.717, 1.165) is 5.01 Å². The molecule has 0 spiro atoms. The molecule has 0 aromatic carbocycles. The van der Waals surface area contributed by atoms with Crippen LogP contribution in [0.5, 0.6) is 0 Å². The molecule has 0 aliphatic carbocycles. The van der Waals surface area contributed by atoms with Crippen LogP contribution in [0.2, 0.25) is 0 Å². The zero-order valence-corrected chi connectivity index (χ0v) is 11.3. The summed E-state index contributed by atoms with van der Waals surface area (Å²) in [5, 5.41) is 2.04. The highest BCUT2D eigenvalue weighted by Crippen LogP contribution is 2.21. The zero-order chi connectivity index (χ0) is 12.5. The molecular formula is C9H11ClN2O3S2. The number of aromatic nitrogens is 1. The lowest BCUT2D eigenvalue weighted by atomic mass is 10.4. The molecule has 17 heavy (non-hydrogen) atoms. The van der Waals surface area contributed by atoms with E-state index in [4.69, 9.17) is 10.7 Å². The molecule has 1 atom stereocenters. The van der Waals surface area contributed by atoms with Crippen molar-refractivity contribution in [2.45, 2.75) is 18.1 Å². The van der Waals surface area contributed by atoms with E-state index >= 15 is 0 Å². The largest absolute Gasteiger partial charge is 0.341 e. The number of amides is 1. The standard InChI is InChI=1S/C9H11ClN2O3S2/c10-17(14,15)7-5-9(13)12(6-7)3-1-8-11-2-4-16-8/h2,4,7H,1,3,5-6H2. The van der Waals surface area contributed by atoms with Gasteiger partial charge in [0.05, 0.1) is 5.01 Å². The summed E-state index contributed by atoms with van der Waals surface area (Å²) in [5.41, 5.74) is 0. The van der Waals surface area contributed by atoms with E-state index in [2.05, 4.69) is 4.98 Å². The van der Waals surface area contributed by atoms with E-state index in [9.17, 15) is 13.2 Å². The molecule has 1 aromatic heterocycles. The molecule has 0 radical (unpaired) electrons. The van der Waals surface area contributed by atoms with Gasteiger partial charge in [0.1, 0.15) is 5.25 Å². The van der Waals surface area contributed by atoms with Crippen molar-refractivity contribution in [1.29, 1.82) is 0 Å². The lowest BCUT2D eigenvalue weighted by molar-refractivity contribution is -0.127. The number of hydrogen-bond donors (Lipinski definition) is 0. The Morgan fingerprint density at radius 3 is 2.88 bits per heavy atom. The number of rotatable bonds is 4. The molecule has 0 saturated carbocycles. The van der Waals surface area contributed by atoms with E-state index in [1.54, 1.807) is 6.20 Å². The smallest absolute Gasteiger partial charge is 0.237 e. The van der Waals surface area contributed by atoms with Gasteiger partial charge >= 0.3 is 0 Å². The van der Waals surface area contributed by atoms with Gasteiger partial charge in [0, 0.05) is 48.2 Å². The van der Waals surface area contributed by atoms with Crippen molar-refractivity contribution in [1.82, 2.24) is 9.88 Å². The number of carbonyl (C=O) groups excluding carboxylic acids is 1. The van der Waals surface area contributed by atoms with E-state index in [-0.39, 0.29) is 18.9 Å². The molecule has 94 valence electrons. The molecule has 1 amide bonds. The molecule has 8 heteroatoms. The predicted octanol–water partition coefficient (Wildman–Crippen LogP) is 0.855. The SMILES string of the molecule is O=C1CC(S(=O)(=O)Cl)CN1CCc1nccs1. The first-order chi connectivity index (χ1) is 7.97. The molecule has 2 rings (SSSR count). The molecule has 1 saturated heterocycles. The summed E-state index contributed by atoms with van der Waals surface area (Å²) < 4.78 is 22.3. The monoisotopic (exact) mass is 294 g/mol. The van der Waals surface area contributed by atoms with Crippen molar-refractivity contribution in [3.8, 4) is 0 Å². The molecular weight excluding hydrogens is 284 g/mol. The summed E-state index contributed by atoms with van der Waals surface area (Å²) in [4.78, 5) is 17.2. The Bertz CT molecular complexity index is 500. The van der Waals surface area contributed by atoms with Gasteiger partial charge in [0.25, 0.3) is 0 Å². The Labute approximate surface area is 108 Å². The van der Waals surface area contributed by atoms with Crippen LogP contribution in [-0.2, 0) is 20.3 Å². The Balaban J connectivity index is 1.93. The van der Waals surface area contributed by atoms with Gasteiger partial charge in [0.2, 0.25) is 15.0 Å². The molecule has 2 heterocycles. The van der Waals surface area contributed by atoms with Crippen molar-refractivity contribution < 1.29 is 13.2 Å².